The summed E-state index contributed by atoms with van der Waals surface area (Å²) in [5, 5.41) is 3.13. The first-order valence-corrected chi connectivity index (χ1v) is 11.6. The molecule has 0 saturated heterocycles. The van der Waals surface area contributed by atoms with Crippen LogP contribution in [0.1, 0.15) is 44.4 Å². The van der Waals surface area contributed by atoms with Crippen LogP contribution in [0.15, 0.2) is 96.1 Å². The Bertz CT molecular complexity index is 1160. The number of allylic oxidation sites excluding steroid dienone is 2. The molecule has 2 aromatic rings. The van der Waals surface area contributed by atoms with Crippen molar-refractivity contribution in [1.29, 1.82) is 0 Å². The van der Waals surface area contributed by atoms with E-state index in [0.29, 0.717) is 12.3 Å². The number of nitrogens with zero attached hydrogens (tertiary/aromatic N) is 1. The Balaban J connectivity index is 1.63. The minimum atomic E-state index is -0.731. The Morgan fingerprint density at radius 1 is 1.03 bits per heavy atom. The molecule has 4 aliphatic rings. The summed E-state index contributed by atoms with van der Waals surface area (Å²) in [4.78, 5) is 29.7. The quantitative estimate of drug-likeness (QED) is 0.675. The molecule has 6 rings (SSSR count). The summed E-state index contributed by atoms with van der Waals surface area (Å²) in [6, 6.07) is 19.0. The molecule has 168 valence electrons. The number of benzene rings is 2. The maximum atomic E-state index is 14.2. The minimum Gasteiger partial charge on any atom is -0.349 e. The van der Waals surface area contributed by atoms with Gasteiger partial charge in [0.15, 0.2) is 0 Å². The Kier molecular flexibility index (Phi) is 5.12. The van der Waals surface area contributed by atoms with Crippen molar-refractivity contribution in [3.63, 3.8) is 0 Å². The second-order valence-electron chi connectivity index (χ2n) is 10.3. The minimum absolute atomic E-state index is 0.0522. The Morgan fingerprint density at radius 3 is 2.24 bits per heavy atom. The third-order valence-corrected chi connectivity index (χ3v) is 6.70. The largest absolute Gasteiger partial charge is 0.349 e. The molecular formula is C29H30N2O2. The van der Waals surface area contributed by atoms with Crippen LogP contribution < -0.4 is 5.32 Å². The molecule has 3 aliphatic carbocycles. The fourth-order valence-corrected chi connectivity index (χ4v) is 5.31. The van der Waals surface area contributed by atoms with Crippen LogP contribution in [0.5, 0.6) is 0 Å². The Labute approximate surface area is 195 Å². The molecule has 33 heavy (non-hydrogen) atoms. The van der Waals surface area contributed by atoms with E-state index in [1.54, 1.807) is 0 Å². The van der Waals surface area contributed by atoms with Gasteiger partial charge in [-0.3, -0.25) is 9.59 Å². The van der Waals surface area contributed by atoms with Crippen LogP contribution in [0.4, 0.5) is 0 Å². The summed E-state index contributed by atoms with van der Waals surface area (Å²) in [5.74, 6) is 0.0915. The average Bonchev–Trinajstić information content (AvgIpc) is 3.03. The number of hydrogen-bond acceptors (Lipinski definition) is 2. The van der Waals surface area contributed by atoms with Crippen LogP contribution >= 0.6 is 0 Å². The smallest absolute Gasteiger partial charge is 0.252 e. The summed E-state index contributed by atoms with van der Waals surface area (Å²) >= 11 is 0. The van der Waals surface area contributed by atoms with E-state index in [1.807, 2.05) is 74.2 Å². The van der Waals surface area contributed by atoms with Gasteiger partial charge in [0.25, 0.3) is 5.91 Å². The number of nitrogens with one attached hydrogen (secondary N) is 1. The Hall–Kier alpha value is -3.40. The molecule has 4 nitrogen and oxygen atoms in total. The van der Waals surface area contributed by atoms with Crippen molar-refractivity contribution in [3.8, 4) is 0 Å². The summed E-state index contributed by atoms with van der Waals surface area (Å²) in [5.41, 5.74) is 2.78. The molecule has 1 atom stereocenters. The van der Waals surface area contributed by atoms with Crippen LogP contribution in [0.3, 0.4) is 0 Å². The van der Waals surface area contributed by atoms with E-state index in [2.05, 4.69) is 41.8 Å². The van der Waals surface area contributed by atoms with E-state index in [9.17, 15) is 9.59 Å². The van der Waals surface area contributed by atoms with E-state index >= 15 is 0 Å². The van der Waals surface area contributed by atoms with Gasteiger partial charge in [0, 0.05) is 17.5 Å². The molecule has 1 N–H and O–H groups in total. The van der Waals surface area contributed by atoms with Crippen molar-refractivity contribution in [2.75, 3.05) is 0 Å². The van der Waals surface area contributed by atoms with Gasteiger partial charge >= 0.3 is 0 Å². The van der Waals surface area contributed by atoms with E-state index in [-0.39, 0.29) is 11.8 Å². The van der Waals surface area contributed by atoms with Crippen molar-refractivity contribution in [2.45, 2.75) is 50.7 Å². The number of hydrogen-bond donors (Lipinski definition) is 1. The SMILES string of the molecule is CC(C)(C)NC(=O)C(c1ccccc1)N1C(=O)C(Cc2ccccc2)=C2CC3C=CC21C=C3. The first-order valence-electron chi connectivity index (χ1n) is 11.6. The maximum Gasteiger partial charge on any atom is 0.252 e. The molecule has 1 unspecified atom stereocenters. The second kappa shape index (κ2) is 7.87. The van der Waals surface area contributed by atoms with Crippen LogP contribution in [0.25, 0.3) is 0 Å². The third-order valence-electron chi connectivity index (χ3n) is 6.70. The lowest BCUT2D eigenvalue weighted by Crippen LogP contribution is -2.55. The van der Waals surface area contributed by atoms with E-state index in [0.717, 1.165) is 28.7 Å². The summed E-state index contributed by atoms with van der Waals surface area (Å²) in [6.45, 7) is 5.90. The summed E-state index contributed by atoms with van der Waals surface area (Å²) < 4.78 is 0. The predicted molar refractivity (Wildman–Crippen MR) is 130 cm³/mol. The third kappa shape index (κ3) is 3.74. The molecule has 0 aromatic heterocycles. The molecule has 0 radical (unpaired) electrons. The van der Waals surface area contributed by atoms with Crippen molar-refractivity contribution in [2.24, 2.45) is 5.92 Å². The number of carbonyl (C=O) groups excluding carboxylic acids is 2. The van der Waals surface area contributed by atoms with Crippen LogP contribution in [-0.2, 0) is 16.0 Å². The number of carbonyl (C=O) groups is 2. The van der Waals surface area contributed by atoms with Gasteiger partial charge in [0.1, 0.15) is 11.6 Å². The lowest BCUT2D eigenvalue weighted by atomic mass is 9.71. The zero-order valence-corrected chi connectivity index (χ0v) is 19.4. The van der Waals surface area contributed by atoms with Crippen LogP contribution in [-0.4, -0.2) is 27.8 Å². The van der Waals surface area contributed by atoms with Crippen molar-refractivity contribution >= 4 is 11.8 Å². The zero-order valence-electron chi connectivity index (χ0n) is 19.4. The van der Waals surface area contributed by atoms with E-state index < -0.39 is 17.1 Å². The highest BCUT2D eigenvalue weighted by molar-refractivity contribution is 6.03. The van der Waals surface area contributed by atoms with Gasteiger partial charge in [-0.05, 0) is 49.8 Å². The highest BCUT2D eigenvalue weighted by Gasteiger charge is 2.55. The van der Waals surface area contributed by atoms with Gasteiger partial charge < -0.3 is 10.2 Å². The fraction of sp³-hybridized carbons (Fsp3) is 0.310. The lowest BCUT2D eigenvalue weighted by molar-refractivity contribution is -0.140. The highest BCUT2D eigenvalue weighted by atomic mass is 16.2. The lowest BCUT2D eigenvalue weighted by Gasteiger charge is -2.46. The fourth-order valence-electron chi connectivity index (χ4n) is 5.31. The first kappa shape index (κ1) is 21.4. The van der Waals surface area contributed by atoms with E-state index in [1.165, 1.54) is 0 Å². The second-order valence-corrected chi connectivity index (χ2v) is 10.3. The van der Waals surface area contributed by atoms with Gasteiger partial charge in [-0.1, -0.05) is 85.0 Å². The Morgan fingerprint density at radius 2 is 1.64 bits per heavy atom. The molecular weight excluding hydrogens is 408 g/mol. The monoisotopic (exact) mass is 438 g/mol. The van der Waals surface area contributed by atoms with Crippen molar-refractivity contribution in [1.82, 2.24) is 10.2 Å². The molecule has 1 aliphatic heterocycles. The molecule has 0 saturated carbocycles. The van der Waals surface area contributed by atoms with Crippen molar-refractivity contribution in [3.05, 3.63) is 107 Å². The predicted octanol–water partition coefficient (Wildman–Crippen LogP) is 4.91. The number of amides is 2. The van der Waals surface area contributed by atoms with Gasteiger partial charge in [-0.2, -0.15) is 0 Å². The molecule has 1 spiro atoms. The van der Waals surface area contributed by atoms with Crippen LogP contribution in [0.2, 0.25) is 0 Å². The van der Waals surface area contributed by atoms with Gasteiger partial charge in [-0.15, -0.1) is 0 Å². The maximum absolute atomic E-state index is 14.2. The zero-order chi connectivity index (χ0) is 23.2. The average molecular weight is 439 g/mol. The molecule has 2 bridgehead atoms. The molecule has 2 aromatic carbocycles. The number of rotatable bonds is 5. The summed E-state index contributed by atoms with van der Waals surface area (Å²) in [7, 11) is 0. The molecule has 1 heterocycles. The summed E-state index contributed by atoms with van der Waals surface area (Å²) in [6.07, 6.45) is 10.0. The topological polar surface area (TPSA) is 49.4 Å². The van der Waals surface area contributed by atoms with Gasteiger partial charge in [-0.25, -0.2) is 0 Å². The van der Waals surface area contributed by atoms with Crippen LogP contribution in [0, 0.1) is 5.92 Å². The van der Waals surface area contributed by atoms with Crippen molar-refractivity contribution < 1.29 is 9.59 Å². The molecule has 2 amide bonds. The van der Waals surface area contributed by atoms with Gasteiger partial charge in [0.05, 0.1) is 0 Å². The van der Waals surface area contributed by atoms with E-state index in [4.69, 9.17) is 0 Å². The highest BCUT2D eigenvalue weighted by Crippen LogP contribution is 2.52. The molecule has 4 heteroatoms. The molecule has 0 fully saturated rings. The normalized spacial score (nSPS) is 24.3. The standard InChI is InChI=1S/C29H30N2O2/c1-28(2,3)30-26(32)25(22-12-8-5-9-13-22)31-27(33)23(18-20-10-6-4-7-11-20)24-19-21-14-16-29(24,31)17-15-21/h4-17,21,25H,18-19H2,1-3H3,(H,30,32). The van der Waals surface area contributed by atoms with Gasteiger partial charge in [0.2, 0.25) is 5.91 Å². The first-order chi connectivity index (χ1) is 15.8.